The largest absolute Gasteiger partial charge is 0.478 e. The van der Waals surface area contributed by atoms with E-state index in [4.69, 9.17) is 4.74 Å². The number of hydrogen-bond acceptors (Lipinski definition) is 5. The van der Waals surface area contributed by atoms with Crippen molar-refractivity contribution in [1.82, 2.24) is 14.9 Å². The fraction of sp³-hybridized carbons (Fsp3) is 0.733. The van der Waals surface area contributed by atoms with Gasteiger partial charge in [-0.25, -0.2) is 4.98 Å². The van der Waals surface area contributed by atoms with Crippen molar-refractivity contribution in [3.05, 3.63) is 12.3 Å². The van der Waals surface area contributed by atoms with Crippen molar-refractivity contribution in [3.63, 3.8) is 0 Å². The van der Waals surface area contributed by atoms with Gasteiger partial charge in [-0.1, -0.05) is 13.8 Å². The van der Waals surface area contributed by atoms with Crippen LogP contribution >= 0.6 is 0 Å². The van der Waals surface area contributed by atoms with Crippen LogP contribution in [0.15, 0.2) is 12.3 Å². The maximum atomic E-state index is 5.51. The standard InChI is InChI=1S/C15H26N4O/c1-3-10-20-14-6-7-16-15(18-14)17-11-13(2)12-19-8-4-5-9-19/h6-7,13H,3-5,8-12H2,1-2H3,(H,16,17,18). The van der Waals surface area contributed by atoms with E-state index in [9.17, 15) is 0 Å². The topological polar surface area (TPSA) is 50.3 Å². The van der Waals surface area contributed by atoms with Crippen LogP contribution in [0.25, 0.3) is 0 Å². The van der Waals surface area contributed by atoms with Crippen molar-refractivity contribution in [3.8, 4) is 5.88 Å². The lowest BCUT2D eigenvalue weighted by Gasteiger charge is -2.20. The smallest absolute Gasteiger partial charge is 0.225 e. The van der Waals surface area contributed by atoms with Crippen molar-refractivity contribution in [2.45, 2.75) is 33.1 Å². The van der Waals surface area contributed by atoms with Crippen molar-refractivity contribution in [2.24, 2.45) is 5.92 Å². The predicted molar refractivity (Wildman–Crippen MR) is 81.1 cm³/mol. The number of likely N-dealkylation sites (tertiary alicyclic amines) is 1. The maximum absolute atomic E-state index is 5.51. The molecule has 1 aromatic rings. The molecule has 2 rings (SSSR count). The lowest BCUT2D eigenvalue weighted by Crippen LogP contribution is -2.29. The molecule has 0 aromatic carbocycles. The molecular weight excluding hydrogens is 252 g/mol. The summed E-state index contributed by atoms with van der Waals surface area (Å²) < 4.78 is 5.51. The number of hydrogen-bond donors (Lipinski definition) is 1. The van der Waals surface area contributed by atoms with E-state index in [0.717, 1.165) is 19.5 Å². The number of rotatable bonds is 8. The highest BCUT2D eigenvalue weighted by atomic mass is 16.5. The Morgan fingerprint density at radius 3 is 2.95 bits per heavy atom. The summed E-state index contributed by atoms with van der Waals surface area (Å²) in [5.41, 5.74) is 0. The third-order valence-electron chi connectivity index (χ3n) is 3.46. The molecule has 1 aliphatic heterocycles. The van der Waals surface area contributed by atoms with Crippen LogP contribution in [-0.4, -0.2) is 47.7 Å². The minimum absolute atomic E-state index is 0.594. The Kier molecular flexibility index (Phi) is 6.05. The van der Waals surface area contributed by atoms with E-state index in [2.05, 4.69) is 34.0 Å². The van der Waals surface area contributed by atoms with E-state index in [-0.39, 0.29) is 0 Å². The second kappa shape index (κ2) is 8.04. The fourth-order valence-corrected chi connectivity index (χ4v) is 2.45. The van der Waals surface area contributed by atoms with Crippen LogP contribution < -0.4 is 10.1 Å². The number of anilines is 1. The molecule has 1 aliphatic rings. The Balaban J connectivity index is 1.74. The van der Waals surface area contributed by atoms with Gasteiger partial charge in [-0.05, 0) is 38.3 Å². The first-order valence-corrected chi connectivity index (χ1v) is 7.70. The van der Waals surface area contributed by atoms with Gasteiger partial charge in [0.05, 0.1) is 6.61 Å². The van der Waals surface area contributed by atoms with Gasteiger partial charge in [0.25, 0.3) is 0 Å². The second-order valence-corrected chi connectivity index (χ2v) is 5.56. The van der Waals surface area contributed by atoms with Gasteiger partial charge in [-0.15, -0.1) is 0 Å². The van der Waals surface area contributed by atoms with Crippen molar-refractivity contribution in [1.29, 1.82) is 0 Å². The summed E-state index contributed by atoms with van der Waals surface area (Å²) in [5, 5.41) is 3.31. The molecule has 0 saturated carbocycles. The van der Waals surface area contributed by atoms with E-state index >= 15 is 0 Å². The Bertz CT molecular complexity index is 393. The molecule has 0 spiro atoms. The van der Waals surface area contributed by atoms with Gasteiger partial charge >= 0.3 is 0 Å². The molecule has 2 heterocycles. The zero-order chi connectivity index (χ0) is 14.2. The number of nitrogens with zero attached hydrogens (tertiary/aromatic N) is 3. The molecule has 1 saturated heterocycles. The summed E-state index contributed by atoms with van der Waals surface area (Å²) in [5.74, 6) is 1.90. The molecule has 1 fully saturated rings. The molecular formula is C15H26N4O. The lowest BCUT2D eigenvalue weighted by molar-refractivity contribution is 0.293. The minimum Gasteiger partial charge on any atom is -0.478 e. The molecule has 0 bridgehead atoms. The minimum atomic E-state index is 0.594. The quantitative estimate of drug-likeness (QED) is 0.791. The molecule has 1 unspecified atom stereocenters. The van der Waals surface area contributed by atoms with Gasteiger partial charge in [0, 0.05) is 25.4 Å². The summed E-state index contributed by atoms with van der Waals surface area (Å²) in [4.78, 5) is 11.1. The van der Waals surface area contributed by atoms with Crippen molar-refractivity contribution >= 4 is 5.95 Å². The third-order valence-corrected chi connectivity index (χ3v) is 3.46. The molecule has 20 heavy (non-hydrogen) atoms. The van der Waals surface area contributed by atoms with Crippen molar-refractivity contribution < 1.29 is 4.74 Å². The van der Waals surface area contributed by atoms with Gasteiger partial charge in [0.15, 0.2) is 0 Å². The molecule has 112 valence electrons. The lowest BCUT2D eigenvalue weighted by atomic mass is 10.1. The highest BCUT2D eigenvalue weighted by Gasteiger charge is 2.14. The van der Waals surface area contributed by atoms with Gasteiger partial charge < -0.3 is 15.0 Å². The molecule has 5 nitrogen and oxygen atoms in total. The fourth-order valence-electron chi connectivity index (χ4n) is 2.45. The van der Waals surface area contributed by atoms with Gasteiger partial charge in [0.1, 0.15) is 0 Å². The monoisotopic (exact) mass is 278 g/mol. The van der Waals surface area contributed by atoms with E-state index in [1.807, 2.05) is 0 Å². The van der Waals surface area contributed by atoms with Gasteiger partial charge in [-0.3, -0.25) is 0 Å². The first-order chi connectivity index (χ1) is 9.78. The molecule has 0 aliphatic carbocycles. The highest BCUT2D eigenvalue weighted by molar-refractivity contribution is 5.27. The van der Waals surface area contributed by atoms with Crippen LogP contribution in [-0.2, 0) is 0 Å². The normalized spacial score (nSPS) is 17.1. The van der Waals surface area contributed by atoms with Crippen LogP contribution in [0.1, 0.15) is 33.1 Å². The SMILES string of the molecule is CCCOc1ccnc(NCC(C)CN2CCCC2)n1. The summed E-state index contributed by atoms with van der Waals surface area (Å²) >= 11 is 0. The van der Waals surface area contributed by atoms with Crippen LogP contribution in [0.4, 0.5) is 5.95 Å². The van der Waals surface area contributed by atoms with E-state index < -0.39 is 0 Å². The zero-order valence-electron chi connectivity index (χ0n) is 12.6. The Hall–Kier alpha value is -1.36. The average Bonchev–Trinajstić information content (AvgIpc) is 2.96. The first-order valence-electron chi connectivity index (χ1n) is 7.70. The highest BCUT2D eigenvalue weighted by Crippen LogP contribution is 2.12. The molecule has 1 atom stereocenters. The summed E-state index contributed by atoms with van der Waals surface area (Å²) in [6, 6.07) is 1.80. The van der Waals surface area contributed by atoms with Gasteiger partial charge in [-0.2, -0.15) is 4.98 Å². The third kappa shape index (κ3) is 4.96. The van der Waals surface area contributed by atoms with E-state index in [1.165, 1.54) is 25.9 Å². The summed E-state index contributed by atoms with van der Waals surface area (Å²) in [7, 11) is 0. The second-order valence-electron chi connectivity index (χ2n) is 5.56. The van der Waals surface area contributed by atoms with Crippen LogP contribution in [0, 0.1) is 5.92 Å². The van der Waals surface area contributed by atoms with E-state index in [0.29, 0.717) is 24.4 Å². The number of aromatic nitrogens is 2. The van der Waals surface area contributed by atoms with Gasteiger partial charge in [0.2, 0.25) is 11.8 Å². The predicted octanol–water partition coefficient (Wildman–Crippen LogP) is 2.41. The number of ether oxygens (including phenoxy) is 1. The van der Waals surface area contributed by atoms with Crippen LogP contribution in [0.2, 0.25) is 0 Å². The van der Waals surface area contributed by atoms with Crippen LogP contribution in [0.5, 0.6) is 5.88 Å². The Morgan fingerprint density at radius 1 is 1.40 bits per heavy atom. The Morgan fingerprint density at radius 2 is 2.20 bits per heavy atom. The molecule has 5 heteroatoms. The molecule has 1 aromatic heterocycles. The average molecular weight is 278 g/mol. The summed E-state index contributed by atoms with van der Waals surface area (Å²) in [6.07, 6.45) is 5.42. The first kappa shape index (κ1) is 15.0. The maximum Gasteiger partial charge on any atom is 0.225 e. The van der Waals surface area contributed by atoms with E-state index in [1.54, 1.807) is 12.3 Å². The molecule has 1 N–H and O–H groups in total. The molecule has 0 amide bonds. The number of nitrogens with one attached hydrogen (secondary N) is 1. The zero-order valence-corrected chi connectivity index (χ0v) is 12.6. The van der Waals surface area contributed by atoms with Crippen LogP contribution in [0.3, 0.4) is 0 Å². The molecule has 0 radical (unpaired) electrons. The van der Waals surface area contributed by atoms with Crippen molar-refractivity contribution in [2.75, 3.05) is 38.1 Å². The Labute approximate surface area is 121 Å². The summed E-state index contributed by atoms with van der Waals surface area (Å²) in [6.45, 7) is 9.60.